The van der Waals surface area contributed by atoms with E-state index in [1.54, 1.807) is 0 Å². The molecule has 1 unspecified atom stereocenters. The van der Waals surface area contributed by atoms with E-state index in [-0.39, 0.29) is 18.9 Å². The largest absolute Gasteiger partial charge is 0.479 e. The fourth-order valence-electron chi connectivity index (χ4n) is 0.514. The molecule has 1 amide bonds. The Bertz CT molecular complexity index is 165. The molecule has 0 aromatic carbocycles. The second-order valence-electron chi connectivity index (χ2n) is 2.02. The van der Waals surface area contributed by atoms with Crippen LogP contribution in [0.15, 0.2) is 0 Å². The third-order valence-electron chi connectivity index (χ3n) is 1.08. The van der Waals surface area contributed by atoms with Crippen molar-refractivity contribution < 1.29 is 24.0 Å². The van der Waals surface area contributed by atoms with E-state index in [0.717, 1.165) is 12.0 Å². The fourth-order valence-corrected chi connectivity index (χ4v) is 1.06. The minimum atomic E-state index is -1.13. The van der Waals surface area contributed by atoms with Crippen LogP contribution in [0.25, 0.3) is 0 Å². The molecule has 0 radical (unpaired) electrons. The van der Waals surface area contributed by atoms with E-state index in [2.05, 4.69) is 5.32 Å². The molecule has 0 saturated heterocycles. The zero-order valence-corrected chi connectivity index (χ0v) is 7.62. The molecule has 6 nitrogen and oxygen atoms in total. The molecule has 76 valence electrons. The zero-order chi connectivity index (χ0) is 10.1. The molecule has 0 rings (SSSR count). The fraction of sp³-hybridized carbons (Fsp3) is 0.667. The van der Waals surface area contributed by atoms with Gasteiger partial charge in [0.05, 0.1) is 5.88 Å². The summed E-state index contributed by atoms with van der Waals surface area (Å²) in [6, 6.07) is 0. The molecule has 3 N–H and O–H groups in total. The van der Waals surface area contributed by atoms with Crippen LogP contribution in [0.5, 0.6) is 0 Å². The van der Waals surface area contributed by atoms with Crippen LogP contribution in [0, 0.1) is 0 Å². The molecule has 13 heavy (non-hydrogen) atoms. The first-order chi connectivity index (χ1) is 6.22. The summed E-state index contributed by atoms with van der Waals surface area (Å²) < 4.78 is 4.78. The Hall–Kier alpha value is -0.790. The van der Waals surface area contributed by atoms with Gasteiger partial charge in [0.15, 0.2) is 6.10 Å². The Morgan fingerprint density at radius 1 is 1.69 bits per heavy atom. The van der Waals surface area contributed by atoms with E-state index < -0.39 is 12.1 Å². The number of carboxylic acid groups (broad SMARTS) is 1. The molecule has 7 heteroatoms. The van der Waals surface area contributed by atoms with Crippen LogP contribution in [-0.2, 0) is 13.8 Å². The summed E-state index contributed by atoms with van der Waals surface area (Å²) in [4.78, 5) is 20.2. The molecule has 0 aliphatic rings. The van der Waals surface area contributed by atoms with E-state index >= 15 is 0 Å². The van der Waals surface area contributed by atoms with Crippen molar-refractivity contribution in [2.75, 3.05) is 12.5 Å². The maximum Gasteiger partial charge on any atom is 0.334 e. The SMILES string of the molecule is O=CNCSOC(CCO)C(=O)O. The highest BCUT2D eigenvalue weighted by Gasteiger charge is 2.17. The number of carbonyl (C=O) groups is 2. The number of rotatable bonds is 8. The lowest BCUT2D eigenvalue weighted by atomic mass is 10.3. The predicted octanol–water partition coefficient (Wildman–Crippen LogP) is -0.810. The van der Waals surface area contributed by atoms with Crippen LogP contribution in [0.2, 0.25) is 0 Å². The van der Waals surface area contributed by atoms with Gasteiger partial charge < -0.3 is 15.5 Å². The summed E-state index contributed by atoms with van der Waals surface area (Å²) in [5.41, 5.74) is 0. The highest BCUT2D eigenvalue weighted by Crippen LogP contribution is 2.08. The molecule has 0 heterocycles. The van der Waals surface area contributed by atoms with Gasteiger partial charge in [-0.1, -0.05) is 0 Å². The number of nitrogens with one attached hydrogen (secondary N) is 1. The Kier molecular flexibility index (Phi) is 7.36. The Labute approximate surface area is 79.5 Å². The smallest absolute Gasteiger partial charge is 0.334 e. The van der Waals surface area contributed by atoms with Gasteiger partial charge in [-0.2, -0.15) is 0 Å². The van der Waals surface area contributed by atoms with Crippen molar-refractivity contribution in [3.8, 4) is 0 Å². The van der Waals surface area contributed by atoms with Gasteiger partial charge in [-0.15, -0.1) is 0 Å². The summed E-state index contributed by atoms with van der Waals surface area (Å²) in [7, 11) is 0. The lowest BCUT2D eigenvalue weighted by Gasteiger charge is -2.09. The average Bonchev–Trinajstić information content (AvgIpc) is 2.10. The molecule has 1 atom stereocenters. The maximum atomic E-state index is 10.4. The van der Waals surface area contributed by atoms with E-state index in [1.165, 1.54) is 0 Å². The van der Waals surface area contributed by atoms with Crippen molar-refractivity contribution in [1.29, 1.82) is 0 Å². The Balaban J connectivity index is 3.56. The molecule has 0 fully saturated rings. The number of aliphatic carboxylic acids is 1. The van der Waals surface area contributed by atoms with Gasteiger partial charge in [-0.25, -0.2) is 4.79 Å². The van der Waals surface area contributed by atoms with Crippen molar-refractivity contribution >= 4 is 24.4 Å². The predicted molar refractivity (Wildman–Crippen MR) is 45.9 cm³/mol. The van der Waals surface area contributed by atoms with Crippen LogP contribution in [0.1, 0.15) is 6.42 Å². The van der Waals surface area contributed by atoms with Crippen molar-refractivity contribution in [3.05, 3.63) is 0 Å². The van der Waals surface area contributed by atoms with Gasteiger partial charge in [0.1, 0.15) is 0 Å². The minimum absolute atomic E-state index is 0.0312. The van der Waals surface area contributed by atoms with E-state index in [9.17, 15) is 9.59 Å². The molecule has 0 saturated carbocycles. The summed E-state index contributed by atoms with van der Waals surface area (Å²) in [6.45, 7) is -0.251. The van der Waals surface area contributed by atoms with Crippen LogP contribution in [-0.4, -0.2) is 41.2 Å². The van der Waals surface area contributed by atoms with Crippen molar-refractivity contribution in [1.82, 2.24) is 5.32 Å². The maximum absolute atomic E-state index is 10.4. The summed E-state index contributed by atoms with van der Waals surface area (Å²) in [5.74, 6) is -0.953. The third kappa shape index (κ3) is 6.38. The van der Waals surface area contributed by atoms with E-state index in [0.29, 0.717) is 6.41 Å². The van der Waals surface area contributed by atoms with Gasteiger partial charge in [-0.05, 0) is 0 Å². The summed E-state index contributed by atoms with van der Waals surface area (Å²) in [5, 5.41) is 19.3. The number of hydrogen-bond acceptors (Lipinski definition) is 5. The topological polar surface area (TPSA) is 95.9 Å². The first kappa shape index (κ1) is 12.2. The van der Waals surface area contributed by atoms with Crippen molar-refractivity contribution in [2.24, 2.45) is 0 Å². The van der Waals surface area contributed by atoms with Crippen molar-refractivity contribution in [3.63, 3.8) is 0 Å². The molecule has 0 bridgehead atoms. The van der Waals surface area contributed by atoms with Gasteiger partial charge in [0, 0.05) is 25.1 Å². The van der Waals surface area contributed by atoms with Crippen LogP contribution >= 0.6 is 12.0 Å². The van der Waals surface area contributed by atoms with Gasteiger partial charge in [-0.3, -0.25) is 8.98 Å². The number of carboxylic acids is 1. The van der Waals surface area contributed by atoms with E-state index in [1.807, 2.05) is 0 Å². The highest BCUT2D eigenvalue weighted by molar-refractivity contribution is 7.94. The monoisotopic (exact) mass is 209 g/mol. The molecule has 0 spiro atoms. The van der Waals surface area contributed by atoms with E-state index in [4.69, 9.17) is 14.4 Å². The second kappa shape index (κ2) is 7.84. The molecule has 0 aromatic rings. The number of hydrogen-bond donors (Lipinski definition) is 3. The quantitative estimate of drug-likeness (QED) is 0.209. The lowest BCUT2D eigenvalue weighted by Crippen LogP contribution is -2.23. The summed E-state index contributed by atoms with van der Waals surface area (Å²) in [6.07, 6.45) is -0.523. The Morgan fingerprint density at radius 2 is 2.38 bits per heavy atom. The molecule has 0 aromatic heterocycles. The van der Waals surface area contributed by atoms with Gasteiger partial charge in [0.2, 0.25) is 6.41 Å². The third-order valence-corrected chi connectivity index (χ3v) is 1.73. The van der Waals surface area contributed by atoms with Gasteiger partial charge >= 0.3 is 5.97 Å². The molecular formula is C6H11NO5S. The van der Waals surface area contributed by atoms with Gasteiger partial charge in [0.25, 0.3) is 0 Å². The Morgan fingerprint density at radius 3 is 2.85 bits per heavy atom. The molecule has 0 aliphatic carbocycles. The number of carbonyl (C=O) groups excluding carboxylic acids is 1. The standard InChI is InChI=1S/C6H11NO5S/c8-2-1-5(6(10)11)12-13-4-7-3-9/h3,5,8H,1-2,4H2,(H,7,9)(H,10,11). The van der Waals surface area contributed by atoms with Crippen LogP contribution in [0.3, 0.4) is 0 Å². The average molecular weight is 209 g/mol. The zero-order valence-electron chi connectivity index (χ0n) is 6.80. The highest BCUT2D eigenvalue weighted by atomic mass is 32.2. The minimum Gasteiger partial charge on any atom is -0.479 e. The van der Waals surface area contributed by atoms with Crippen LogP contribution in [0.4, 0.5) is 0 Å². The second-order valence-corrected chi connectivity index (χ2v) is 2.74. The van der Waals surface area contributed by atoms with Crippen molar-refractivity contribution in [2.45, 2.75) is 12.5 Å². The first-order valence-electron chi connectivity index (χ1n) is 3.51. The first-order valence-corrected chi connectivity index (χ1v) is 4.42. The number of amides is 1. The number of aliphatic hydroxyl groups is 1. The van der Waals surface area contributed by atoms with Crippen LogP contribution < -0.4 is 5.32 Å². The number of aliphatic hydroxyl groups excluding tert-OH is 1. The lowest BCUT2D eigenvalue weighted by molar-refractivity contribution is -0.145. The normalized spacial score (nSPS) is 12.1. The summed E-state index contributed by atoms with van der Waals surface area (Å²) >= 11 is 0.820. The molecule has 0 aliphatic heterocycles. The molecular weight excluding hydrogens is 198 g/mol.